The Hall–Kier alpha value is -2.43. The van der Waals surface area contributed by atoms with Gasteiger partial charge < -0.3 is 15.4 Å². The Labute approximate surface area is 138 Å². The summed E-state index contributed by atoms with van der Waals surface area (Å²) in [5, 5.41) is 14.4. The second-order valence-electron chi connectivity index (χ2n) is 6.08. The summed E-state index contributed by atoms with van der Waals surface area (Å²) in [5.41, 5.74) is -1.20. The maximum absolute atomic E-state index is 12.6. The van der Waals surface area contributed by atoms with Gasteiger partial charge in [-0.25, -0.2) is 4.79 Å². The number of carbonyl (C=O) groups excluding carboxylic acids is 1. The number of halogens is 3. The summed E-state index contributed by atoms with van der Waals surface area (Å²) < 4.78 is 42.9. The van der Waals surface area contributed by atoms with Crippen LogP contribution in [0.25, 0.3) is 0 Å². The van der Waals surface area contributed by atoms with Crippen LogP contribution < -0.4 is 10.6 Å². The Morgan fingerprint density at radius 2 is 1.92 bits per heavy atom. The lowest BCUT2D eigenvalue weighted by Gasteiger charge is -2.19. The molecule has 1 aromatic carbocycles. The Balaban J connectivity index is 2.46. The van der Waals surface area contributed by atoms with E-state index in [0.717, 1.165) is 12.1 Å². The molecule has 24 heavy (non-hydrogen) atoms. The highest BCUT2D eigenvalue weighted by Gasteiger charge is 2.31. The lowest BCUT2D eigenvalue weighted by molar-refractivity contribution is -0.137. The SMILES string of the molecule is CC(C)(C)OC(=O)NCCCNc1ccc(C(F)(F)F)cc1C#N. The molecule has 1 amide bonds. The van der Waals surface area contributed by atoms with E-state index in [0.29, 0.717) is 25.2 Å². The first-order valence-electron chi connectivity index (χ1n) is 7.35. The van der Waals surface area contributed by atoms with Crippen LogP contribution in [0.5, 0.6) is 0 Å². The molecule has 0 atom stereocenters. The number of anilines is 1. The first kappa shape index (κ1) is 19.6. The fraction of sp³-hybridized carbons (Fsp3) is 0.500. The van der Waals surface area contributed by atoms with Crippen molar-refractivity contribution in [1.29, 1.82) is 5.26 Å². The summed E-state index contributed by atoms with van der Waals surface area (Å²) >= 11 is 0. The molecule has 0 saturated heterocycles. The van der Waals surface area contributed by atoms with Gasteiger partial charge in [-0.15, -0.1) is 0 Å². The number of alkyl carbamates (subject to hydrolysis) is 1. The van der Waals surface area contributed by atoms with Crippen molar-refractivity contribution >= 4 is 11.8 Å². The molecule has 0 aromatic heterocycles. The first-order valence-corrected chi connectivity index (χ1v) is 7.35. The van der Waals surface area contributed by atoms with Crippen molar-refractivity contribution in [1.82, 2.24) is 5.32 Å². The fourth-order valence-electron chi connectivity index (χ4n) is 1.78. The van der Waals surface area contributed by atoms with Crippen LogP contribution >= 0.6 is 0 Å². The molecule has 8 heteroatoms. The molecule has 132 valence electrons. The number of nitrogens with zero attached hydrogens (tertiary/aromatic N) is 1. The van der Waals surface area contributed by atoms with E-state index >= 15 is 0 Å². The minimum Gasteiger partial charge on any atom is -0.444 e. The number of nitriles is 1. The second-order valence-corrected chi connectivity index (χ2v) is 6.08. The zero-order valence-electron chi connectivity index (χ0n) is 13.8. The van der Waals surface area contributed by atoms with Crippen molar-refractivity contribution in [2.45, 2.75) is 39.0 Å². The van der Waals surface area contributed by atoms with E-state index in [9.17, 15) is 18.0 Å². The van der Waals surface area contributed by atoms with Crippen molar-refractivity contribution in [3.63, 3.8) is 0 Å². The summed E-state index contributed by atoms with van der Waals surface area (Å²) in [6.45, 7) is 5.98. The van der Waals surface area contributed by atoms with Crippen LogP contribution in [0, 0.1) is 11.3 Å². The molecular weight excluding hydrogens is 323 g/mol. The Morgan fingerprint density at radius 3 is 2.46 bits per heavy atom. The molecule has 2 N–H and O–H groups in total. The molecule has 0 unspecified atom stereocenters. The Kier molecular flexibility index (Phi) is 6.46. The maximum Gasteiger partial charge on any atom is 0.416 e. The van der Waals surface area contributed by atoms with E-state index in [-0.39, 0.29) is 5.56 Å². The average Bonchev–Trinajstić information content (AvgIpc) is 2.44. The molecule has 0 radical (unpaired) electrons. The van der Waals surface area contributed by atoms with E-state index in [1.807, 2.05) is 0 Å². The highest BCUT2D eigenvalue weighted by Crippen LogP contribution is 2.31. The third-order valence-electron chi connectivity index (χ3n) is 2.80. The zero-order valence-corrected chi connectivity index (χ0v) is 13.8. The van der Waals surface area contributed by atoms with Crippen molar-refractivity contribution in [3.8, 4) is 6.07 Å². The van der Waals surface area contributed by atoms with Gasteiger partial charge in [-0.1, -0.05) is 0 Å². The van der Waals surface area contributed by atoms with Crippen LogP contribution in [-0.4, -0.2) is 24.8 Å². The third-order valence-corrected chi connectivity index (χ3v) is 2.80. The lowest BCUT2D eigenvalue weighted by Crippen LogP contribution is -2.33. The Morgan fingerprint density at radius 1 is 1.25 bits per heavy atom. The standard InChI is InChI=1S/C16H20F3N3O2/c1-15(2,3)24-14(23)22-8-4-7-21-13-6-5-12(16(17,18)19)9-11(13)10-20/h5-6,9,21H,4,7-8H2,1-3H3,(H,22,23). The normalized spacial score (nSPS) is 11.5. The van der Waals surface area contributed by atoms with Crippen LogP contribution in [0.2, 0.25) is 0 Å². The number of rotatable bonds is 5. The molecular formula is C16H20F3N3O2. The molecule has 0 aliphatic heterocycles. The van der Waals surface area contributed by atoms with Crippen LogP contribution in [0.3, 0.4) is 0 Å². The van der Waals surface area contributed by atoms with Crippen molar-refractivity contribution in [2.24, 2.45) is 0 Å². The number of carbonyl (C=O) groups is 1. The molecule has 0 heterocycles. The summed E-state index contributed by atoms with van der Waals surface area (Å²) in [5.74, 6) is 0. The summed E-state index contributed by atoms with van der Waals surface area (Å²) in [6, 6.07) is 4.69. The molecule has 0 spiro atoms. The maximum atomic E-state index is 12.6. The van der Waals surface area contributed by atoms with E-state index < -0.39 is 23.4 Å². The van der Waals surface area contributed by atoms with Crippen LogP contribution in [0.15, 0.2) is 18.2 Å². The van der Waals surface area contributed by atoms with Crippen LogP contribution in [0.4, 0.5) is 23.7 Å². The first-order chi connectivity index (χ1) is 11.0. The molecule has 0 saturated carbocycles. The van der Waals surface area contributed by atoms with Crippen molar-refractivity contribution in [3.05, 3.63) is 29.3 Å². The molecule has 1 aromatic rings. The largest absolute Gasteiger partial charge is 0.444 e. The van der Waals surface area contributed by atoms with E-state index in [4.69, 9.17) is 10.00 Å². The molecule has 0 bridgehead atoms. The van der Waals surface area contributed by atoms with E-state index in [1.54, 1.807) is 26.8 Å². The summed E-state index contributed by atoms with van der Waals surface area (Å²) in [7, 11) is 0. The van der Waals surface area contributed by atoms with Crippen LogP contribution in [-0.2, 0) is 10.9 Å². The van der Waals surface area contributed by atoms with Gasteiger partial charge in [0.2, 0.25) is 0 Å². The second kappa shape index (κ2) is 7.90. The number of amides is 1. The quantitative estimate of drug-likeness (QED) is 0.795. The average molecular weight is 343 g/mol. The zero-order chi connectivity index (χ0) is 18.4. The number of hydrogen-bond donors (Lipinski definition) is 2. The molecule has 0 aliphatic carbocycles. The van der Waals surface area contributed by atoms with Gasteiger partial charge >= 0.3 is 12.3 Å². The molecule has 0 aliphatic rings. The van der Waals surface area contributed by atoms with Gasteiger partial charge in [0.05, 0.1) is 16.8 Å². The van der Waals surface area contributed by atoms with Gasteiger partial charge in [-0.2, -0.15) is 18.4 Å². The highest BCUT2D eigenvalue weighted by molar-refractivity contribution is 5.67. The lowest BCUT2D eigenvalue weighted by atomic mass is 10.1. The molecule has 5 nitrogen and oxygen atoms in total. The monoisotopic (exact) mass is 343 g/mol. The number of ether oxygens (including phenoxy) is 1. The summed E-state index contributed by atoms with van der Waals surface area (Å²) in [4.78, 5) is 11.4. The predicted octanol–water partition coefficient (Wildman–Crippen LogP) is 3.90. The van der Waals surface area contributed by atoms with Gasteiger partial charge in [-0.3, -0.25) is 0 Å². The fourth-order valence-corrected chi connectivity index (χ4v) is 1.78. The van der Waals surface area contributed by atoms with Gasteiger partial charge in [0, 0.05) is 13.1 Å². The Bertz CT molecular complexity index is 616. The molecule has 1 rings (SSSR count). The van der Waals surface area contributed by atoms with Crippen molar-refractivity contribution in [2.75, 3.05) is 18.4 Å². The van der Waals surface area contributed by atoms with Gasteiger partial charge in [0.25, 0.3) is 0 Å². The van der Waals surface area contributed by atoms with Crippen molar-refractivity contribution < 1.29 is 22.7 Å². The smallest absolute Gasteiger partial charge is 0.416 e. The van der Waals surface area contributed by atoms with Gasteiger partial charge in [-0.05, 0) is 45.4 Å². The minimum atomic E-state index is -4.48. The number of alkyl halides is 3. The number of nitrogens with one attached hydrogen (secondary N) is 2. The van der Waals surface area contributed by atoms with Gasteiger partial charge in [0.15, 0.2) is 0 Å². The third kappa shape index (κ3) is 6.77. The number of benzene rings is 1. The predicted molar refractivity (Wildman–Crippen MR) is 83.5 cm³/mol. The number of hydrogen-bond acceptors (Lipinski definition) is 4. The minimum absolute atomic E-state index is 0.0788. The van der Waals surface area contributed by atoms with E-state index in [2.05, 4.69) is 10.6 Å². The topological polar surface area (TPSA) is 74.2 Å². The van der Waals surface area contributed by atoms with Gasteiger partial charge in [0.1, 0.15) is 11.7 Å². The highest BCUT2D eigenvalue weighted by atomic mass is 19.4. The van der Waals surface area contributed by atoms with E-state index in [1.165, 1.54) is 6.07 Å². The summed E-state index contributed by atoms with van der Waals surface area (Å²) in [6.07, 6.45) is -4.50. The molecule has 0 fully saturated rings. The van der Waals surface area contributed by atoms with Crippen LogP contribution in [0.1, 0.15) is 38.3 Å².